The normalized spacial score (nSPS) is 10.2. The van der Waals surface area contributed by atoms with Crippen LogP contribution >= 0.6 is 15.9 Å². The molecular weight excluding hydrogens is 329 g/mol. The lowest BCUT2D eigenvalue weighted by molar-refractivity contribution is 0.630. The van der Waals surface area contributed by atoms with Crippen LogP contribution in [0.1, 0.15) is 0 Å². The molecule has 1 aromatic heterocycles. The fourth-order valence-corrected chi connectivity index (χ4v) is 1.73. The molecule has 0 atom stereocenters. The van der Waals surface area contributed by atoms with Gasteiger partial charge in [-0.25, -0.2) is 10.2 Å². The molecule has 2 aromatic rings. The van der Waals surface area contributed by atoms with Gasteiger partial charge in [0.1, 0.15) is 5.82 Å². The second-order valence-corrected chi connectivity index (χ2v) is 4.99. The Morgan fingerprint density at radius 3 is 2.50 bits per heavy atom. The molecule has 0 aliphatic carbocycles. The second kappa shape index (κ2) is 5.97. The minimum Gasteiger partial charge on any atom is -0.347 e. The summed E-state index contributed by atoms with van der Waals surface area (Å²) in [6.07, 6.45) is 0. The Hall–Kier alpha value is -2.00. The molecular formula is C11H13BrFN7. The standard InChI is InChI=1S/C11H13BrFN7/c1-20(2)11-17-9(16-10(18-11)19-14)15-8-4-3-6(12)5-7(8)13/h3-5H,14H2,1-2H3,(H2,15,16,17,18,19). The first-order chi connectivity index (χ1) is 9.49. The van der Waals surface area contributed by atoms with Crippen LogP contribution in [0.2, 0.25) is 0 Å². The van der Waals surface area contributed by atoms with E-state index in [0.29, 0.717) is 10.4 Å². The molecule has 0 spiro atoms. The smallest absolute Gasteiger partial charge is 0.243 e. The lowest BCUT2D eigenvalue weighted by Gasteiger charge is -2.13. The van der Waals surface area contributed by atoms with Crippen molar-refractivity contribution in [2.45, 2.75) is 0 Å². The summed E-state index contributed by atoms with van der Waals surface area (Å²) in [5.41, 5.74) is 2.60. The molecule has 0 saturated heterocycles. The number of nitrogens with one attached hydrogen (secondary N) is 2. The van der Waals surface area contributed by atoms with E-state index in [-0.39, 0.29) is 17.6 Å². The molecule has 20 heavy (non-hydrogen) atoms. The number of rotatable bonds is 4. The number of nitrogens with two attached hydrogens (primary N) is 1. The van der Waals surface area contributed by atoms with E-state index in [9.17, 15) is 4.39 Å². The topological polar surface area (TPSA) is 92.0 Å². The first-order valence-corrected chi connectivity index (χ1v) is 6.41. The number of aromatic nitrogens is 3. The number of nitrogens with zero attached hydrogens (tertiary/aromatic N) is 4. The third kappa shape index (κ3) is 3.31. The summed E-state index contributed by atoms with van der Waals surface area (Å²) in [5.74, 6) is 5.65. The van der Waals surface area contributed by atoms with Crippen LogP contribution in [0.5, 0.6) is 0 Å². The quantitative estimate of drug-likeness (QED) is 0.577. The first-order valence-electron chi connectivity index (χ1n) is 5.61. The van der Waals surface area contributed by atoms with E-state index in [2.05, 4.69) is 41.6 Å². The van der Waals surface area contributed by atoms with Crippen LogP contribution in [0.15, 0.2) is 22.7 Å². The Labute approximate surface area is 123 Å². The summed E-state index contributed by atoms with van der Waals surface area (Å²) >= 11 is 3.19. The maximum Gasteiger partial charge on any atom is 0.243 e. The van der Waals surface area contributed by atoms with Gasteiger partial charge in [-0.15, -0.1) is 0 Å². The van der Waals surface area contributed by atoms with Gasteiger partial charge in [0.25, 0.3) is 0 Å². The molecule has 0 radical (unpaired) electrons. The van der Waals surface area contributed by atoms with Crippen molar-refractivity contribution in [3.05, 3.63) is 28.5 Å². The van der Waals surface area contributed by atoms with E-state index in [1.807, 2.05) is 0 Å². The van der Waals surface area contributed by atoms with Gasteiger partial charge >= 0.3 is 0 Å². The third-order valence-electron chi connectivity index (χ3n) is 2.33. The van der Waals surface area contributed by atoms with Crippen molar-refractivity contribution in [1.29, 1.82) is 0 Å². The Bertz CT molecular complexity index is 620. The van der Waals surface area contributed by atoms with Crippen LogP contribution in [-0.2, 0) is 0 Å². The number of hydrogen-bond acceptors (Lipinski definition) is 7. The van der Waals surface area contributed by atoms with Crippen molar-refractivity contribution in [3.8, 4) is 0 Å². The highest BCUT2D eigenvalue weighted by Gasteiger charge is 2.10. The van der Waals surface area contributed by atoms with E-state index < -0.39 is 5.82 Å². The van der Waals surface area contributed by atoms with Crippen LogP contribution in [0.3, 0.4) is 0 Å². The maximum absolute atomic E-state index is 13.8. The number of halogens is 2. The maximum atomic E-state index is 13.8. The highest BCUT2D eigenvalue weighted by atomic mass is 79.9. The molecule has 0 aliphatic heterocycles. The van der Waals surface area contributed by atoms with Gasteiger partial charge in [0.05, 0.1) is 5.69 Å². The van der Waals surface area contributed by atoms with Gasteiger partial charge in [0.2, 0.25) is 17.8 Å². The van der Waals surface area contributed by atoms with Crippen molar-refractivity contribution in [2.75, 3.05) is 29.7 Å². The molecule has 9 heteroatoms. The molecule has 2 rings (SSSR count). The zero-order valence-electron chi connectivity index (χ0n) is 10.9. The molecule has 0 saturated carbocycles. The summed E-state index contributed by atoms with van der Waals surface area (Å²) in [6, 6.07) is 4.63. The summed E-state index contributed by atoms with van der Waals surface area (Å²) < 4.78 is 14.4. The van der Waals surface area contributed by atoms with Gasteiger partial charge in [-0.1, -0.05) is 15.9 Å². The zero-order valence-corrected chi connectivity index (χ0v) is 12.4. The van der Waals surface area contributed by atoms with Crippen molar-refractivity contribution in [1.82, 2.24) is 15.0 Å². The van der Waals surface area contributed by atoms with Gasteiger partial charge in [-0.3, -0.25) is 5.43 Å². The Morgan fingerprint density at radius 2 is 1.90 bits per heavy atom. The van der Waals surface area contributed by atoms with Crippen LogP contribution in [0.4, 0.5) is 27.9 Å². The van der Waals surface area contributed by atoms with E-state index in [0.717, 1.165) is 0 Å². The molecule has 1 aromatic carbocycles. The summed E-state index contributed by atoms with van der Waals surface area (Å²) in [4.78, 5) is 13.9. The van der Waals surface area contributed by atoms with Gasteiger partial charge in [-0.05, 0) is 18.2 Å². The summed E-state index contributed by atoms with van der Waals surface area (Å²) in [5, 5.41) is 2.79. The first kappa shape index (κ1) is 14.4. The molecule has 4 N–H and O–H groups in total. The number of hydrazine groups is 1. The average molecular weight is 342 g/mol. The van der Waals surface area contributed by atoms with E-state index in [1.165, 1.54) is 6.07 Å². The minimum absolute atomic E-state index is 0.184. The molecule has 0 aliphatic rings. The lowest BCUT2D eigenvalue weighted by Crippen LogP contribution is -2.18. The largest absolute Gasteiger partial charge is 0.347 e. The fraction of sp³-hybridized carbons (Fsp3) is 0.182. The average Bonchev–Trinajstić information content (AvgIpc) is 2.41. The number of benzene rings is 1. The van der Waals surface area contributed by atoms with Gasteiger partial charge in [-0.2, -0.15) is 15.0 Å². The van der Waals surface area contributed by atoms with Gasteiger partial charge in [0.15, 0.2) is 0 Å². The molecule has 0 unspecified atom stereocenters. The molecule has 0 amide bonds. The van der Waals surface area contributed by atoms with Crippen LogP contribution in [0, 0.1) is 5.82 Å². The Kier molecular flexibility index (Phi) is 4.30. The summed E-state index contributed by atoms with van der Waals surface area (Å²) in [6.45, 7) is 0. The SMILES string of the molecule is CN(C)c1nc(NN)nc(Nc2ccc(Br)cc2F)n1. The number of anilines is 4. The Morgan fingerprint density at radius 1 is 1.20 bits per heavy atom. The molecule has 0 bridgehead atoms. The highest BCUT2D eigenvalue weighted by molar-refractivity contribution is 9.10. The van der Waals surface area contributed by atoms with E-state index >= 15 is 0 Å². The fourth-order valence-electron chi connectivity index (χ4n) is 1.40. The zero-order chi connectivity index (χ0) is 14.7. The monoisotopic (exact) mass is 341 g/mol. The van der Waals surface area contributed by atoms with Gasteiger partial charge < -0.3 is 10.2 Å². The van der Waals surface area contributed by atoms with E-state index in [1.54, 1.807) is 31.1 Å². The molecule has 106 valence electrons. The molecule has 0 fully saturated rings. The molecule has 7 nitrogen and oxygen atoms in total. The Balaban J connectivity index is 2.34. The third-order valence-corrected chi connectivity index (χ3v) is 2.82. The minimum atomic E-state index is -0.423. The van der Waals surface area contributed by atoms with Crippen LogP contribution < -0.4 is 21.5 Å². The predicted molar refractivity (Wildman–Crippen MR) is 79.3 cm³/mol. The van der Waals surface area contributed by atoms with Crippen molar-refractivity contribution in [2.24, 2.45) is 5.84 Å². The number of hydrogen-bond donors (Lipinski definition) is 3. The van der Waals surface area contributed by atoms with Crippen LogP contribution in [-0.4, -0.2) is 29.0 Å². The summed E-state index contributed by atoms with van der Waals surface area (Å²) in [7, 11) is 3.55. The van der Waals surface area contributed by atoms with Crippen molar-refractivity contribution < 1.29 is 4.39 Å². The molecule has 1 heterocycles. The highest BCUT2D eigenvalue weighted by Crippen LogP contribution is 2.22. The van der Waals surface area contributed by atoms with Crippen molar-refractivity contribution >= 4 is 39.5 Å². The van der Waals surface area contributed by atoms with Crippen LogP contribution in [0.25, 0.3) is 0 Å². The number of nitrogen functional groups attached to an aromatic ring is 1. The second-order valence-electron chi connectivity index (χ2n) is 4.07. The van der Waals surface area contributed by atoms with Gasteiger partial charge in [0, 0.05) is 18.6 Å². The van der Waals surface area contributed by atoms with Crippen molar-refractivity contribution in [3.63, 3.8) is 0 Å². The lowest BCUT2D eigenvalue weighted by atomic mass is 10.3. The van der Waals surface area contributed by atoms with E-state index in [4.69, 9.17) is 5.84 Å². The predicted octanol–water partition coefficient (Wildman–Crippen LogP) is 1.87.